The number of nitrogens with zero attached hydrogens (tertiary/aromatic N) is 1. The van der Waals surface area contributed by atoms with Crippen molar-refractivity contribution in [3.8, 4) is 0 Å². The van der Waals surface area contributed by atoms with Gasteiger partial charge in [0.2, 0.25) is 0 Å². The smallest absolute Gasteiger partial charge is 0.129 e. The molecule has 2 aromatic heterocycles. The van der Waals surface area contributed by atoms with Gasteiger partial charge in [-0.15, -0.1) is 11.3 Å². The Kier molecular flexibility index (Phi) is 3.84. The van der Waals surface area contributed by atoms with E-state index in [1.54, 1.807) is 17.5 Å². The highest BCUT2D eigenvalue weighted by molar-refractivity contribution is 9.11. The number of anilines is 1. The van der Waals surface area contributed by atoms with Crippen LogP contribution < -0.4 is 5.32 Å². The quantitative estimate of drug-likeness (QED) is 0.844. The van der Waals surface area contributed by atoms with Crippen molar-refractivity contribution in [2.75, 3.05) is 5.32 Å². The molecule has 0 aliphatic rings. The van der Waals surface area contributed by atoms with Gasteiger partial charge in [-0.05, 0) is 51.5 Å². The maximum atomic E-state index is 5.79. The van der Waals surface area contributed by atoms with Gasteiger partial charge in [0.15, 0.2) is 0 Å². The van der Waals surface area contributed by atoms with Crippen LogP contribution in [-0.4, -0.2) is 4.98 Å². The molecule has 0 radical (unpaired) electrons. The molecule has 2 heterocycles. The first-order chi connectivity index (χ1) is 7.65. The van der Waals surface area contributed by atoms with E-state index in [9.17, 15) is 0 Å². The second-order valence-corrected chi connectivity index (χ2v) is 6.11. The predicted molar refractivity (Wildman–Crippen MR) is 73.3 cm³/mol. The van der Waals surface area contributed by atoms with Crippen LogP contribution in [0.4, 0.5) is 5.69 Å². The summed E-state index contributed by atoms with van der Waals surface area (Å²) in [5, 5.41) is 5.98. The summed E-state index contributed by atoms with van der Waals surface area (Å²) < 4.78 is 1.15. The Bertz CT molecular complexity index is 498. The molecule has 0 unspecified atom stereocenters. The SMILES string of the molecule is Cc1cc(Cl)ncc1NCc1csc(Br)c1. The molecule has 2 rings (SSSR count). The molecule has 0 aliphatic carbocycles. The fraction of sp³-hybridized carbons (Fsp3) is 0.182. The first kappa shape index (κ1) is 11.9. The summed E-state index contributed by atoms with van der Waals surface area (Å²) in [7, 11) is 0. The number of rotatable bonds is 3. The molecule has 0 bridgehead atoms. The van der Waals surface area contributed by atoms with Gasteiger partial charge in [-0.1, -0.05) is 11.6 Å². The van der Waals surface area contributed by atoms with E-state index in [1.165, 1.54) is 5.56 Å². The number of thiophene rings is 1. The van der Waals surface area contributed by atoms with Gasteiger partial charge in [0, 0.05) is 6.54 Å². The van der Waals surface area contributed by atoms with Crippen molar-refractivity contribution in [1.29, 1.82) is 0 Å². The third-order valence-corrected chi connectivity index (χ3v) is 3.94. The highest BCUT2D eigenvalue weighted by atomic mass is 79.9. The fourth-order valence-corrected chi connectivity index (χ4v) is 2.76. The van der Waals surface area contributed by atoms with Crippen LogP contribution in [0.2, 0.25) is 5.15 Å². The average molecular weight is 318 g/mol. The summed E-state index contributed by atoms with van der Waals surface area (Å²) in [6, 6.07) is 3.96. The molecule has 1 N–H and O–H groups in total. The van der Waals surface area contributed by atoms with Crippen LogP contribution in [0.5, 0.6) is 0 Å². The van der Waals surface area contributed by atoms with Gasteiger partial charge >= 0.3 is 0 Å². The molecule has 2 nitrogen and oxygen atoms in total. The third-order valence-electron chi connectivity index (χ3n) is 2.18. The van der Waals surface area contributed by atoms with E-state index in [1.807, 2.05) is 13.0 Å². The molecule has 16 heavy (non-hydrogen) atoms. The van der Waals surface area contributed by atoms with Gasteiger partial charge < -0.3 is 5.32 Å². The highest BCUT2D eigenvalue weighted by Crippen LogP contribution is 2.22. The minimum atomic E-state index is 0.529. The zero-order valence-corrected chi connectivity index (χ0v) is 11.8. The number of hydrogen-bond acceptors (Lipinski definition) is 3. The van der Waals surface area contributed by atoms with Crippen molar-refractivity contribution >= 4 is 44.6 Å². The Labute approximate surface area is 112 Å². The van der Waals surface area contributed by atoms with Gasteiger partial charge in [0.1, 0.15) is 5.15 Å². The Morgan fingerprint density at radius 1 is 1.50 bits per heavy atom. The highest BCUT2D eigenvalue weighted by Gasteiger charge is 2.01. The minimum Gasteiger partial charge on any atom is -0.379 e. The van der Waals surface area contributed by atoms with Crippen molar-refractivity contribution in [2.45, 2.75) is 13.5 Å². The van der Waals surface area contributed by atoms with Gasteiger partial charge in [0.25, 0.3) is 0 Å². The van der Waals surface area contributed by atoms with Gasteiger partial charge in [-0.25, -0.2) is 4.98 Å². The van der Waals surface area contributed by atoms with E-state index in [4.69, 9.17) is 11.6 Å². The van der Waals surface area contributed by atoms with E-state index in [0.29, 0.717) is 5.15 Å². The number of nitrogens with one attached hydrogen (secondary N) is 1. The van der Waals surface area contributed by atoms with E-state index >= 15 is 0 Å². The second-order valence-electron chi connectivity index (χ2n) is 3.43. The molecule has 0 amide bonds. The van der Waals surface area contributed by atoms with Gasteiger partial charge in [-0.2, -0.15) is 0 Å². The molecule has 2 aromatic rings. The van der Waals surface area contributed by atoms with E-state index in [-0.39, 0.29) is 0 Å². The van der Waals surface area contributed by atoms with Crippen molar-refractivity contribution < 1.29 is 0 Å². The lowest BCUT2D eigenvalue weighted by molar-refractivity contribution is 1.13. The molecule has 0 aromatic carbocycles. The normalized spacial score (nSPS) is 10.4. The molecule has 0 fully saturated rings. The van der Waals surface area contributed by atoms with Crippen LogP contribution >= 0.6 is 38.9 Å². The largest absolute Gasteiger partial charge is 0.379 e. The Balaban J connectivity index is 2.04. The molecule has 0 spiro atoms. The zero-order valence-electron chi connectivity index (χ0n) is 8.63. The lowest BCUT2D eigenvalue weighted by Gasteiger charge is -2.07. The summed E-state index contributed by atoms with van der Waals surface area (Å²) in [5.74, 6) is 0. The van der Waals surface area contributed by atoms with Crippen molar-refractivity contribution in [2.24, 2.45) is 0 Å². The monoisotopic (exact) mass is 316 g/mol. The summed E-state index contributed by atoms with van der Waals surface area (Å²) >= 11 is 10.9. The standard InChI is InChI=1S/C11H10BrClN2S/c1-7-2-11(13)15-5-9(7)14-4-8-3-10(12)16-6-8/h2-3,5-6,14H,4H2,1H3. The van der Waals surface area contributed by atoms with Gasteiger partial charge in [-0.3, -0.25) is 0 Å². The summed E-state index contributed by atoms with van der Waals surface area (Å²) in [5.41, 5.74) is 3.38. The third kappa shape index (κ3) is 2.97. The summed E-state index contributed by atoms with van der Waals surface area (Å²) in [6.07, 6.45) is 1.76. The van der Waals surface area contributed by atoms with Crippen molar-refractivity contribution in [3.63, 3.8) is 0 Å². The van der Waals surface area contributed by atoms with E-state index in [0.717, 1.165) is 21.6 Å². The molecule has 0 saturated heterocycles. The Hall–Kier alpha value is -0.580. The maximum absolute atomic E-state index is 5.79. The van der Waals surface area contributed by atoms with Crippen LogP contribution in [0.25, 0.3) is 0 Å². The number of halogens is 2. The number of aromatic nitrogens is 1. The number of hydrogen-bond donors (Lipinski definition) is 1. The van der Waals surface area contributed by atoms with Crippen molar-refractivity contribution in [1.82, 2.24) is 4.98 Å². The van der Waals surface area contributed by atoms with Crippen LogP contribution in [0.15, 0.2) is 27.5 Å². The topological polar surface area (TPSA) is 24.9 Å². The maximum Gasteiger partial charge on any atom is 0.129 e. The Morgan fingerprint density at radius 3 is 2.94 bits per heavy atom. The fourth-order valence-electron chi connectivity index (χ4n) is 1.34. The average Bonchev–Trinajstić information content (AvgIpc) is 2.63. The number of pyridine rings is 1. The van der Waals surface area contributed by atoms with Crippen LogP contribution in [0, 0.1) is 6.92 Å². The number of aryl methyl sites for hydroxylation is 1. The minimum absolute atomic E-state index is 0.529. The molecule has 5 heteroatoms. The van der Waals surface area contributed by atoms with E-state index < -0.39 is 0 Å². The van der Waals surface area contributed by atoms with Crippen LogP contribution in [-0.2, 0) is 6.54 Å². The zero-order chi connectivity index (χ0) is 11.5. The van der Waals surface area contributed by atoms with Gasteiger partial charge in [0.05, 0.1) is 15.7 Å². The molecule has 0 aliphatic heterocycles. The molecular weight excluding hydrogens is 308 g/mol. The van der Waals surface area contributed by atoms with E-state index in [2.05, 4.69) is 37.7 Å². The second kappa shape index (κ2) is 5.17. The summed E-state index contributed by atoms with van der Waals surface area (Å²) in [6.45, 7) is 2.81. The molecule has 84 valence electrons. The predicted octanol–water partition coefficient (Wildman–Crippen LogP) is 4.48. The van der Waals surface area contributed by atoms with Crippen LogP contribution in [0.3, 0.4) is 0 Å². The van der Waals surface area contributed by atoms with Crippen molar-refractivity contribution in [3.05, 3.63) is 43.8 Å². The molecule has 0 atom stereocenters. The lowest BCUT2D eigenvalue weighted by Crippen LogP contribution is -2.00. The van der Waals surface area contributed by atoms with Crippen LogP contribution in [0.1, 0.15) is 11.1 Å². The first-order valence-corrected chi connectivity index (χ1v) is 6.79. The molecule has 0 saturated carbocycles. The molecular formula is C11H10BrClN2S. The summed E-state index contributed by atoms with van der Waals surface area (Å²) in [4.78, 5) is 4.05. The Morgan fingerprint density at radius 2 is 2.31 bits per heavy atom. The lowest BCUT2D eigenvalue weighted by atomic mass is 10.2. The first-order valence-electron chi connectivity index (χ1n) is 4.74.